The normalized spacial score (nSPS) is 16.5. The third-order valence-corrected chi connectivity index (χ3v) is 2.05. The Labute approximate surface area is 76.5 Å². The summed E-state index contributed by atoms with van der Waals surface area (Å²) in [5, 5.41) is 0. The average molecular weight is 173 g/mol. The second-order valence-corrected chi connectivity index (χ2v) is 3.89. The Balaban J connectivity index is 3.39. The fourth-order valence-corrected chi connectivity index (χ4v) is 1.07. The first-order chi connectivity index (χ1) is 5.56. The number of ether oxygens (including phenoxy) is 1. The van der Waals surface area contributed by atoms with Crippen LogP contribution >= 0.6 is 0 Å². The van der Waals surface area contributed by atoms with Gasteiger partial charge in [0.15, 0.2) is 0 Å². The van der Waals surface area contributed by atoms with E-state index in [1.165, 1.54) is 6.42 Å². The maximum Gasteiger partial charge on any atom is 0.0621 e. The number of hydrogen-bond acceptors (Lipinski definition) is 2. The molecule has 2 unspecified atom stereocenters. The molecule has 0 aliphatic heterocycles. The van der Waals surface area contributed by atoms with Crippen molar-refractivity contribution in [1.29, 1.82) is 0 Å². The zero-order chi connectivity index (χ0) is 9.56. The molecule has 0 spiro atoms. The van der Waals surface area contributed by atoms with E-state index in [0.29, 0.717) is 12.7 Å². The Kier molecular flexibility index (Phi) is 6.39. The summed E-state index contributed by atoms with van der Waals surface area (Å²) in [6.07, 6.45) is 2.58. The lowest BCUT2D eigenvalue weighted by molar-refractivity contribution is 0.0642. The van der Waals surface area contributed by atoms with Crippen LogP contribution in [0.4, 0.5) is 0 Å². The first kappa shape index (κ1) is 11.9. The molecule has 0 aliphatic carbocycles. The molecule has 0 saturated carbocycles. The van der Waals surface area contributed by atoms with Crippen LogP contribution in [0.1, 0.15) is 40.5 Å². The molecule has 0 fully saturated rings. The van der Waals surface area contributed by atoms with Gasteiger partial charge >= 0.3 is 0 Å². The Morgan fingerprint density at radius 3 is 2.25 bits per heavy atom. The molecule has 0 radical (unpaired) electrons. The van der Waals surface area contributed by atoms with Gasteiger partial charge in [-0.1, -0.05) is 20.3 Å². The van der Waals surface area contributed by atoms with E-state index in [1.54, 1.807) is 0 Å². The molecule has 2 atom stereocenters. The molecule has 2 N–H and O–H groups in total. The summed E-state index contributed by atoms with van der Waals surface area (Å²) in [6.45, 7) is 9.20. The van der Waals surface area contributed by atoms with Crippen LogP contribution in [0.5, 0.6) is 0 Å². The zero-order valence-electron chi connectivity index (χ0n) is 8.84. The van der Waals surface area contributed by atoms with Crippen molar-refractivity contribution in [2.45, 2.75) is 52.7 Å². The lowest BCUT2D eigenvalue weighted by Gasteiger charge is -2.17. The summed E-state index contributed by atoms with van der Waals surface area (Å²) in [5.74, 6) is 0.718. The highest BCUT2D eigenvalue weighted by molar-refractivity contribution is 4.64. The van der Waals surface area contributed by atoms with E-state index in [9.17, 15) is 0 Å². The van der Waals surface area contributed by atoms with Crippen LogP contribution in [-0.2, 0) is 4.74 Å². The summed E-state index contributed by atoms with van der Waals surface area (Å²) in [6, 6.07) is 0.211. The fourth-order valence-electron chi connectivity index (χ4n) is 1.07. The fraction of sp³-hybridized carbons (Fsp3) is 1.00. The van der Waals surface area contributed by atoms with Gasteiger partial charge in [-0.15, -0.1) is 0 Å². The van der Waals surface area contributed by atoms with Crippen molar-refractivity contribution in [3.05, 3.63) is 0 Å². The molecule has 0 saturated heterocycles. The van der Waals surface area contributed by atoms with Gasteiger partial charge in [0, 0.05) is 6.04 Å². The molecule has 0 bridgehead atoms. The number of rotatable bonds is 6. The second kappa shape index (κ2) is 6.44. The van der Waals surface area contributed by atoms with Crippen molar-refractivity contribution in [2.75, 3.05) is 6.61 Å². The van der Waals surface area contributed by atoms with Crippen molar-refractivity contribution in [3.8, 4) is 0 Å². The summed E-state index contributed by atoms with van der Waals surface area (Å²) >= 11 is 0. The van der Waals surface area contributed by atoms with Gasteiger partial charge in [-0.05, 0) is 26.2 Å². The lowest BCUT2D eigenvalue weighted by Crippen LogP contribution is -2.29. The number of nitrogens with two attached hydrogens (primary N) is 1. The van der Waals surface area contributed by atoms with Crippen molar-refractivity contribution < 1.29 is 4.74 Å². The van der Waals surface area contributed by atoms with E-state index >= 15 is 0 Å². The van der Waals surface area contributed by atoms with E-state index < -0.39 is 0 Å². The van der Waals surface area contributed by atoms with E-state index in [2.05, 4.69) is 13.8 Å². The Bertz CT molecular complexity index is 104. The van der Waals surface area contributed by atoms with Crippen molar-refractivity contribution >= 4 is 0 Å². The second-order valence-electron chi connectivity index (χ2n) is 3.89. The van der Waals surface area contributed by atoms with Crippen LogP contribution in [0.3, 0.4) is 0 Å². The van der Waals surface area contributed by atoms with Gasteiger partial charge in [0.05, 0.1) is 12.7 Å². The molecule has 12 heavy (non-hydrogen) atoms. The molecular weight excluding hydrogens is 150 g/mol. The third kappa shape index (κ3) is 6.62. The highest BCUT2D eigenvalue weighted by Gasteiger charge is 2.08. The molecule has 0 aromatic heterocycles. The van der Waals surface area contributed by atoms with Crippen molar-refractivity contribution in [1.82, 2.24) is 0 Å². The summed E-state index contributed by atoms with van der Waals surface area (Å²) in [5.41, 5.74) is 5.87. The molecule has 0 aromatic rings. The smallest absolute Gasteiger partial charge is 0.0621 e. The molecule has 0 amide bonds. The topological polar surface area (TPSA) is 35.2 Å². The van der Waals surface area contributed by atoms with Gasteiger partial charge in [-0.2, -0.15) is 0 Å². The van der Waals surface area contributed by atoms with Gasteiger partial charge in [-0.3, -0.25) is 0 Å². The van der Waals surface area contributed by atoms with E-state index in [1.807, 2.05) is 13.8 Å². The Hall–Kier alpha value is -0.0800. The summed E-state index contributed by atoms with van der Waals surface area (Å²) in [7, 11) is 0. The van der Waals surface area contributed by atoms with E-state index in [-0.39, 0.29) is 6.04 Å². The molecule has 0 aliphatic rings. The maximum atomic E-state index is 5.87. The summed E-state index contributed by atoms with van der Waals surface area (Å²) < 4.78 is 5.42. The Morgan fingerprint density at radius 2 is 1.83 bits per heavy atom. The molecule has 0 rings (SSSR count). The third-order valence-electron chi connectivity index (χ3n) is 2.05. The quantitative estimate of drug-likeness (QED) is 0.668. The van der Waals surface area contributed by atoms with Crippen LogP contribution < -0.4 is 5.73 Å². The van der Waals surface area contributed by atoms with Gasteiger partial charge in [0.1, 0.15) is 0 Å². The highest BCUT2D eigenvalue weighted by Crippen LogP contribution is 2.08. The largest absolute Gasteiger partial charge is 0.377 e. The minimum absolute atomic E-state index is 0.211. The SMILES string of the molecule is CCC(C)CC(N)COC(C)C. The monoisotopic (exact) mass is 173 g/mol. The van der Waals surface area contributed by atoms with Gasteiger partial charge in [0.25, 0.3) is 0 Å². The average Bonchev–Trinajstić information content (AvgIpc) is 2.00. The maximum absolute atomic E-state index is 5.87. The van der Waals surface area contributed by atoms with Gasteiger partial charge < -0.3 is 10.5 Å². The van der Waals surface area contributed by atoms with Crippen LogP contribution in [0, 0.1) is 5.92 Å². The first-order valence-corrected chi connectivity index (χ1v) is 4.93. The predicted octanol–water partition coefficient (Wildman–Crippen LogP) is 2.17. The van der Waals surface area contributed by atoms with Crippen LogP contribution in [0.2, 0.25) is 0 Å². The van der Waals surface area contributed by atoms with Gasteiger partial charge in [-0.25, -0.2) is 0 Å². The molecule has 2 nitrogen and oxygen atoms in total. The molecule has 0 heterocycles. The van der Waals surface area contributed by atoms with E-state index in [4.69, 9.17) is 10.5 Å². The van der Waals surface area contributed by atoms with E-state index in [0.717, 1.165) is 12.3 Å². The van der Waals surface area contributed by atoms with Gasteiger partial charge in [0.2, 0.25) is 0 Å². The molecular formula is C10H23NO. The van der Waals surface area contributed by atoms with Crippen LogP contribution in [-0.4, -0.2) is 18.8 Å². The van der Waals surface area contributed by atoms with Crippen molar-refractivity contribution in [2.24, 2.45) is 11.7 Å². The lowest BCUT2D eigenvalue weighted by atomic mass is 10.0. The molecule has 74 valence electrons. The van der Waals surface area contributed by atoms with Crippen molar-refractivity contribution in [3.63, 3.8) is 0 Å². The molecule has 2 heteroatoms. The standard InChI is InChI=1S/C10H23NO/c1-5-9(4)6-10(11)7-12-8(2)3/h8-10H,5-7,11H2,1-4H3. The first-order valence-electron chi connectivity index (χ1n) is 4.93. The molecule has 0 aromatic carbocycles. The Morgan fingerprint density at radius 1 is 1.25 bits per heavy atom. The highest BCUT2D eigenvalue weighted by atomic mass is 16.5. The summed E-state index contributed by atoms with van der Waals surface area (Å²) in [4.78, 5) is 0. The predicted molar refractivity (Wildman–Crippen MR) is 53.1 cm³/mol. The zero-order valence-corrected chi connectivity index (χ0v) is 8.84. The minimum Gasteiger partial charge on any atom is -0.377 e. The van der Waals surface area contributed by atoms with Crippen LogP contribution in [0.25, 0.3) is 0 Å². The minimum atomic E-state index is 0.211. The van der Waals surface area contributed by atoms with Crippen LogP contribution in [0.15, 0.2) is 0 Å². The number of hydrogen-bond donors (Lipinski definition) is 1.